The third-order valence-corrected chi connectivity index (χ3v) is 4.36. The summed E-state index contributed by atoms with van der Waals surface area (Å²) in [6.45, 7) is 5.11. The van der Waals surface area contributed by atoms with Gasteiger partial charge in [-0.1, -0.05) is 0 Å². The number of benzene rings is 1. The van der Waals surface area contributed by atoms with Crippen LogP contribution in [0.1, 0.15) is 26.3 Å². The van der Waals surface area contributed by atoms with E-state index in [1.54, 1.807) is 0 Å². The van der Waals surface area contributed by atoms with Crippen molar-refractivity contribution >= 4 is 23.3 Å². The Kier molecular flexibility index (Phi) is 7.24. The molecule has 3 atom stereocenters. The number of rotatable bonds is 6. The number of morpholine rings is 1. The van der Waals surface area contributed by atoms with Crippen LogP contribution >= 0.6 is 0 Å². The standard InChI is InChI=1S/C18H22F3N3O6/c1-10-7-23(8-11(2)30-10)16(25)9-29-17(26)12(3)22-14-5-4-13(18(19,20)21)6-15(14)24(27)28/h4-6,10-12,22H,7-9H2,1-3H3/t10?,11?,12-/m0/s1. The van der Waals surface area contributed by atoms with E-state index in [1.807, 2.05) is 13.8 Å². The van der Waals surface area contributed by atoms with Crippen LogP contribution in [-0.2, 0) is 25.2 Å². The zero-order valence-electron chi connectivity index (χ0n) is 16.6. The van der Waals surface area contributed by atoms with Crippen LogP contribution in [0.4, 0.5) is 24.5 Å². The van der Waals surface area contributed by atoms with E-state index in [1.165, 1.54) is 11.8 Å². The van der Waals surface area contributed by atoms with Crippen molar-refractivity contribution in [1.82, 2.24) is 4.90 Å². The number of alkyl halides is 3. The number of halogens is 3. The number of carbonyl (C=O) groups is 2. The van der Waals surface area contributed by atoms with Crippen molar-refractivity contribution in [3.63, 3.8) is 0 Å². The fourth-order valence-corrected chi connectivity index (χ4v) is 3.00. The first-order valence-electron chi connectivity index (χ1n) is 9.10. The number of nitrogens with zero attached hydrogens (tertiary/aromatic N) is 2. The lowest BCUT2D eigenvalue weighted by Crippen LogP contribution is -2.49. The Morgan fingerprint density at radius 2 is 1.93 bits per heavy atom. The molecule has 1 saturated heterocycles. The Labute approximate surface area is 170 Å². The maximum absolute atomic E-state index is 12.8. The van der Waals surface area contributed by atoms with E-state index in [0.717, 1.165) is 6.07 Å². The number of nitrogens with one attached hydrogen (secondary N) is 1. The summed E-state index contributed by atoms with van der Waals surface area (Å²) in [7, 11) is 0. The first-order valence-corrected chi connectivity index (χ1v) is 9.10. The molecule has 0 bridgehead atoms. The molecule has 1 heterocycles. The SMILES string of the molecule is CC1CN(C(=O)COC(=O)[C@H](C)Nc2ccc(C(F)(F)F)cc2[N+](=O)[O-])CC(C)O1. The number of nitro benzene ring substituents is 1. The van der Waals surface area contributed by atoms with Gasteiger partial charge in [-0.3, -0.25) is 14.9 Å². The van der Waals surface area contributed by atoms with Crippen LogP contribution in [-0.4, -0.2) is 59.6 Å². The third-order valence-electron chi connectivity index (χ3n) is 4.36. The van der Waals surface area contributed by atoms with Crippen LogP contribution in [0, 0.1) is 10.1 Å². The third kappa shape index (κ3) is 6.05. The quantitative estimate of drug-likeness (QED) is 0.417. The molecule has 0 aromatic heterocycles. The summed E-state index contributed by atoms with van der Waals surface area (Å²) in [5.74, 6) is -1.30. The molecule has 0 spiro atoms. The van der Waals surface area contributed by atoms with Crippen molar-refractivity contribution in [1.29, 1.82) is 0 Å². The van der Waals surface area contributed by atoms with Gasteiger partial charge in [-0.2, -0.15) is 13.2 Å². The molecule has 2 unspecified atom stereocenters. The van der Waals surface area contributed by atoms with Crippen molar-refractivity contribution in [3.05, 3.63) is 33.9 Å². The Hall–Kier alpha value is -2.89. The lowest BCUT2D eigenvalue weighted by Gasteiger charge is -2.35. The Balaban J connectivity index is 1.98. The summed E-state index contributed by atoms with van der Waals surface area (Å²) in [5, 5.41) is 13.6. The molecule has 30 heavy (non-hydrogen) atoms. The predicted molar refractivity (Wildman–Crippen MR) is 98.7 cm³/mol. The molecule has 2 rings (SSSR count). The Morgan fingerprint density at radius 3 is 2.47 bits per heavy atom. The smallest absolute Gasteiger partial charge is 0.416 e. The zero-order chi connectivity index (χ0) is 22.6. The normalized spacial score (nSPS) is 20.4. The molecule has 12 heteroatoms. The van der Waals surface area contributed by atoms with E-state index >= 15 is 0 Å². The summed E-state index contributed by atoms with van der Waals surface area (Å²) < 4.78 is 48.8. The van der Waals surface area contributed by atoms with Gasteiger partial charge in [-0.05, 0) is 32.9 Å². The van der Waals surface area contributed by atoms with Gasteiger partial charge in [0, 0.05) is 19.2 Å². The van der Waals surface area contributed by atoms with E-state index in [9.17, 15) is 32.9 Å². The average Bonchev–Trinajstić information content (AvgIpc) is 2.64. The van der Waals surface area contributed by atoms with Crippen molar-refractivity contribution < 1.29 is 37.2 Å². The van der Waals surface area contributed by atoms with Gasteiger partial charge in [0.1, 0.15) is 11.7 Å². The highest BCUT2D eigenvalue weighted by Gasteiger charge is 2.33. The number of carbonyl (C=O) groups excluding carboxylic acids is 2. The summed E-state index contributed by atoms with van der Waals surface area (Å²) >= 11 is 0. The Bertz CT molecular complexity index is 807. The number of amides is 1. The van der Waals surface area contributed by atoms with E-state index in [-0.39, 0.29) is 17.9 Å². The van der Waals surface area contributed by atoms with Crippen molar-refractivity contribution in [2.75, 3.05) is 25.0 Å². The van der Waals surface area contributed by atoms with Gasteiger partial charge in [-0.15, -0.1) is 0 Å². The number of nitro groups is 1. The largest absolute Gasteiger partial charge is 0.454 e. The maximum Gasteiger partial charge on any atom is 0.416 e. The molecule has 1 aromatic rings. The van der Waals surface area contributed by atoms with Gasteiger partial charge in [-0.25, -0.2) is 4.79 Å². The highest BCUT2D eigenvalue weighted by Crippen LogP contribution is 2.35. The average molecular weight is 433 g/mol. The molecule has 0 saturated carbocycles. The van der Waals surface area contributed by atoms with E-state index < -0.39 is 46.9 Å². The summed E-state index contributed by atoms with van der Waals surface area (Å²) in [6.07, 6.45) is -5.06. The van der Waals surface area contributed by atoms with Crippen LogP contribution < -0.4 is 5.32 Å². The maximum atomic E-state index is 12.8. The lowest BCUT2D eigenvalue weighted by molar-refractivity contribution is -0.384. The minimum atomic E-state index is -4.75. The minimum Gasteiger partial charge on any atom is -0.454 e. The molecule has 9 nitrogen and oxygen atoms in total. The minimum absolute atomic E-state index is 0.158. The van der Waals surface area contributed by atoms with Gasteiger partial charge >= 0.3 is 12.1 Å². The monoisotopic (exact) mass is 433 g/mol. The van der Waals surface area contributed by atoms with Gasteiger partial charge in [0.2, 0.25) is 0 Å². The number of ether oxygens (including phenoxy) is 2. The molecule has 166 valence electrons. The van der Waals surface area contributed by atoms with Gasteiger partial charge in [0.15, 0.2) is 6.61 Å². The molecule has 1 aliphatic heterocycles. The number of anilines is 1. The van der Waals surface area contributed by atoms with Crippen molar-refractivity contribution in [2.45, 2.75) is 45.2 Å². The Morgan fingerprint density at radius 1 is 1.33 bits per heavy atom. The molecule has 1 amide bonds. The molecular formula is C18H22F3N3O6. The van der Waals surface area contributed by atoms with Gasteiger partial charge < -0.3 is 19.7 Å². The second-order valence-corrected chi connectivity index (χ2v) is 7.02. The van der Waals surface area contributed by atoms with Crippen molar-refractivity contribution in [2.24, 2.45) is 0 Å². The van der Waals surface area contributed by atoms with Crippen LogP contribution in [0.3, 0.4) is 0 Å². The highest BCUT2D eigenvalue weighted by molar-refractivity contribution is 5.84. The van der Waals surface area contributed by atoms with Crippen LogP contribution in [0.5, 0.6) is 0 Å². The summed E-state index contributed by atoms with van der Waals surface area (Å²) in [4.78, 5) is 36.0. The fourth-order valence-electron chi connectivity index (χ4n) is 3.00. The first kappa shape index (κ1) is 23.4. The van der Waals surface area contributed by atoms with Crippen LogP contribution in [0.25, 0.3) is 0 Å². The molecule has 1 fully saturated rings. The topological polar surface area (TPSA) is 111 Å². The van der Waals surface area contributed by atoms with E-state index in [0.29, 0.717) is 25.2 Å². The molecule has 0 radical (unpaired) electrons. The van der Waals surface area contributed by atoms with Gasteiger partial charge in [0.25, 0.3) is 11.6 Å². The number of hydrogen-bond acceptors (Lipinski definition) is 7. The molecular weight excluding hydrogens is 411 g/mol. The summed E-state index contributed by atoms with van der Waals surface area (Å²) in [5.41, 5.74) is -2.30. The lowest BCUT2D eigenvalue weighted by atomic mass is 10.1. The second-order valence-electron chi connectivity index (χ2n) is 7.02. The molecule has 1 aromatic carbocycles. The molecule has 0 aliphatic carbocycles. The molecule has 1 N–H and O–H groups in total. The highest BCUT2D eigenvalue weighted by atomic mass is 19.4. The van der Waals surface area contributed by atoms with E-state index in [4.69, 9.17) is 9.47 Å². The fraction of sp³-hybridized carbons (Fsp3) is 0.556. The number of hydrogen-bond donors (Lipinski definition) is 1. The molecule has 1 aliphatic rings. The summed E-state index contributed by atoms with van der Waals surface area (Å²) in [6, 6.07) is 0.769. The zero-order valence-corrected chi connectivity index (χ0v) is 16.6. The first-order chi connectivity index (χ1) is 13.9. The number of esters is 1. The van der Waals surface area contributed by atoms with Crippen LogP contribution in [0.15, 0.2) is 18.2 Å². The van der Waals surface area contributed by atoms with Crippen LogP contribution in [0.2, 0.25) is 0 Å². The predicted octanol–water partition coefficient (Wildman–Crippen LogP) is 2.59. The second kappa shape index (κ2) is 9.28. The van der Waals surface area contributed by atoms with Crippen molar-refractivity contribution in [3.8, 4) is 0 Å². The van der Waals surface area contributed by atoms with E-state index in [2.05, 4.69) is 5.32 Å². The van der Waals surface area contributed by atoms with Gasteiger partial charge in [0.05, 0.1) is 22.7 Å².